The van der Waals surface area contributed by atoms with E-state index in [1.165, 1.54) is 25.9 Å². The molecule has 1 saturated heterocycles. The number of nitrogens with one attached hydrogen (secondary N) is 1. The molecule has 1 aliphatic rings. The van der Waals surface area contributed by atoms with Gasteiger partial charge in [0.2, 0.25) is 5.13 Å². The van der Waals surface area contributed by atoms with E-state index in [2.05, 4.69) is 41.3 Å². The fourth-order valence-corrected chi connectivity index (χ4v) is 3.21. The van der Waals surface area contributed by atoms with Crippen LogP contribution in [0.1, 0.15) is 31.7 Å². The number of rotatable bonds is 5. The molecule has 1 aliphatic heterocycles. The number of hydrogen-bond acceptors (Lipinski definition) is 5. The van der Waals surface area contributed by atoms with E-state index in [0.29, 0.717) is 5.92 Å². The average molecular weight is 268 g/mol. The molecule has 1 aromatic rings. The van der Waals surface area contributed by atoms with Crippen molar-refractivity contribution < 1.29 is 0 Å². The van der Waals surface area contributed by atoms with Crippen LogP contribution in [0.3, 0.4) is 0 Å². The summed E-state index contributed by atoms with van der Waals surface area (Å²) in [6.07, 6.45) is 3.62. The quantitative estimate of drug-likeness (QED) is 0.891. The molecule has 0 spiro atoms. The Morgan fingerprint density at radius 1 is 1.33 bits per heavy atom. The first-order valence-electron chi connectivity index (χ1n) is 6.88. The van der Waals surface area contributed by atoms with Crippen LogP contribution in [0.25, 0.3) is 0 Å². The Morgan fingerprint density at radius 2 is 2.06 bits per heavy atom. The third kappa shape index (κ3) is 4.21. The van der Waals surface area contributed by atoms with Crippen molar-refractivity contribution in [2.75, 3.05) is 32.0 Å². The first kappa shape index (κ1) is 13.7. The predicted molar refractivity (Wildman–Crippen MR) is 77.2 cm³/mol. The molecule has 0 aromatic carbocycles. The van der Waals surface area contributed by atoms with Crippen LogP contribution in [0.4, 0.5) is 5.13 Å². The molecule has 2 rings (SSSR count). The Labute approximate surface area is 114 Å². The third-order valence-electron chi connectivity index (χ3n) is 3.43. The van der Waals surface area contributed by atoms with Crippen molar-refractivity contribution >= 4 is 16.5 Å². The van der Waals surface area contributed by atoms with Crippen LogP contribution in [0.2, 0.25) is 0 Å². The van der Waals surface area contributed by atoms with E-state index in [1.54, 1.807) is 11.3 Å². The first-order chi connectivity index (χ1) is 8.63. The zero-order valence-electron chi connectivity index (χ0n) is 11.6. The normalized spacial score (nSPS) is 18.4. The zero-order valence-corrected chi connectivity index (χ0v) is 12.5. The van der Waals surface area contributed by atoms with Gasteiger partial charge in [0.25, 0.3) is 0 Å². The van der Waals surface area contributed by atoms with E-state index < -0.39 is 0 Å². The molecule has 0 atom stereocenters. The number of aromatic nitrogens is 2. The minimum Gasteiger partial charge on any atom is -0.360 e. The van der Waals surface area contributed by atoms with Gasteiger partial charge >= 0.3 is 0 Å². The number of nitrogens with zero attached hydrogens (tertiary/aromatic N) is 3. The second-order valence-electron chi connectivity index (χ2n) is 5.73. The zero-order chi connectivity index (χ0) is 13.0. The van der Waals surface area contributed by atoms with Crippen molar-refractivity contribution in [2.24, 2.45) is 11.8 Å². The Kier molecular flexibility index (Phi) is 4.95. The Bertz CT molecular complexity index is 356. The van der Waals surface area contributed by atoms with Crippen LogP contribution in [0.5, 0.6) is 0 Å². The van der Waals surface area contributed by atoms with Crippen LogP contribution in [0.15, 0.2) is 0 Å². The molecule has 0 radical (unpaired) electrons. The highest BCUT2D eigenvalue weighted by atomic mass is 32.1. The van der Waals surface area contributed by atoms with Crippen molar-refractivity contribution in [3.05, 3.63) is 5.01 Å². The maximum absolute atomic E-state index is 4.23. The van der Waals surface area contributed by atoms with Gasteiger partial charge in [-0.05, 0) is 44.8 Å². The smallest absolute Gasteiger partial charge is 0.205 e. The van der Waals surface area contributed by atoms with Crippen LogP contribution in [0, 0.1) is 11.8 Å². The SMILES string of the molecule is CC(C)Cc1nnc(NCC2CCN(C)CC2)s1. The lowest BCUT2D eigenvalue weighted by Crippen LogP contribution is -2.32. The topological polar surface area (TPSA) is 41.1 Å². The van der Waals surface area contributed by atoms with E-state index >= 15 is 0 Å². The maximum atomic E-state index is 4.23. The van der Waals surface area contributed by atoms with Gasteiger partial charge in [0.15, 0.2) is 0 Å². The lowest BCUT2D eigenvalue weighted by Gasteiger charge is -2.28. The Balaban J connectivity index is 1.74. The Morgan fingerprint density at radius 3 is 2.72 bits per heavy atom. The minimum absolute atomic E-state index is 0.652. The van der Waals surface area contributed by atoms with Gasteiger partial charge in [-0.2, -0.15) is 0 Å². The molecular formula is C13H24N4S. The largest absolute Gasteiger partial charge is 0.360 e. The summed E-state index contributed by atoms with van der Waals surface area (Å²) in [6, 6.07) is 0. The van der Waals surface area contributed by atoms with Crippen molar-refractivity contribution in [3.63, 3.8) is 0 Å². The summed E-state index contributed by atoms with van der Waals surface area (Å²) in [4.78, 5) is 2.40. The van der Waals surface area contributed by atoms with Gasteiger partial charge in [0.1, 0.15) is 5.01 Å². The van der Waals surface area contributed by atoms with Gasteiger partial charge in [-0.3, -0.25) is 0 Å². The van der Waals surface area contributed by atoms with Crippen LogP contribution in [-0.2, 0) is 6.42 Å². The fraction of sp³-hybridized carbons (Fsp3) is 0.846. The molecule has 0 bridgehead atoms. The molecular weight excluding hydrogens is 244 g/mol. The lowest BCUT2D eigenvalue weighted by molar-refractivity contribution is 0.226. The molecule has 0 amide bonds. The van der Waals surface area contributed by atoms with Crippen LogP contribution >= 0.6 is 11.3 Å². The van der Waals surface area contributed by atoms with E-state index in [-0.39, 0.29) is 0 Å². The number of hydrogen-bond donors (Lipinski definition) is 1. The van der Waals surface area contributed by atoms with Crippen molar-refractivity contribution in [2.45, 2.75) is 33.1 Å². The van der Waals surface area contributed by atoms with Gasteiger partial charge in [-0.1, -0.05) is 25.2 Å². The van der Waals surface area contributed by atoms with Crippen molar-refractivity contribution in [3.8, 4) is 0 Å². The number of piperidine rings is 1. The van der Waals surface area contributed by atoms with E-state index in [0.717, 1.165) is 29.0 Å². The first-order valence-corrected chi connectivity index (χ1v) is 7.70. The number of anilines is 1. The lowest BCUT2D eigenvalue weighted by atomic mass is 9.97. The highest BCUT2D eigenvalue weighted by Crippen LogP contribution is 2.21. The van der Waals surface area contributed by atoms with Gasteiger partial charge < -0.3 is 10.2 Å². The van der Waals surface area contributed by atoms with Gasteiger partial charge in [-0.25, -0.2) is 0 Å². The molecule has 18 heavy (non-hydrogen) atoms. The predicted octanol–water partition coefficient (Wildman–Crippen LogP) is 2.49. The minimum atomic E-state index is 0.652. The van der Waals surface area contributed by atoms with Gasteiger partial charge in [-0.15, -0.1) is 10.2 Å². The van der Waals surface area contributed by atoms with Gasteiger partial charge in [0.05, 0.1) is 0 Å². The molecule has 1 fully saturated rings. The summed E-state index contributed by atoms with van der Waals surface area (Å²) < 4.78 is 0. The molecule has 1 aromatic heterocycles. The second kappa shape index (κ2) is 6.48. The molecule has 0 saturated carbocycles. The average Bonchev–Trinajstić information content (AvgIpc) is 2.75. The standard InChI is InChI=1S/C13H24N4S/c1-10(2)8-12-15-16-13(18-12)14-9-11-4-6-17(3)7-5-11/h10-11H,4-9H2,1-3H3,(H,14,16). The molecule has 102 valence electrons. The van der Waals surface area contributed by atoms with Crippen molar-refractivity contribution in [1.29, 1.82) is 0 Å². The Hall–Kier alpha value is -0.680. The molecule has 2 heterocycles. The number of likely N-dealkylation sites (tertiary alicyclic amines) is 1. The van der Waals surface area contributed by atoms with Crippen molar-refractivity contribution in [1.82, 2.24) is 15.1 Å². The van der Waals surface area contributed by atoms with Crippen LogP contribution < -0.4 is 5.32 Å². The van der Waals surface area contributed by atoms with E-state index in [4.69, 9.17) is 0 Å². The molecule has 1 N–H and O–H groups in total. The van der Waals surface area contributed by atoms with Gasteiger partial charge in [0, 0.05) is 13.0 Å². The highest BCUT2D eigenvalue weighted by molar-refractivity contribution is 7.15. The molecule has 0 aliphatic carbocycles. The summed E-state index contributed by atoms with van der Waals surface area (Å²) in [5.74, 6) is 1.44. The molecule has 5 heteroatoms. The summed E-state index contributed by atoms with van der Waals surface area (Å²) in [7, 11) is 2.20. The molecule has 4 nitrogen and oxygen atoms in total. The summed E-state index contributed by atoms with van der Waals surface area (Å²) in [6.45, 7) is 7.92. The second-order valence-corrected chi connectivity index (χ2v) is 6.79. The highest BCUT2D eigenvalue weighted by Gasteiger charge is 2.16. The van der Waals surface area contributed by atoms with E-state index in [9.17, 15) is 0 Å². The van der Waals surface area contributed by atoms with Crippen LogP contribution in [-0.4, -0.2) is 41.8 Å². The molecule has 0 unspecified atom stereocenters. The fourth-order valence-electron chi connectivity index (χ4n) is 2.25. The summed E-state index contributed by atoms with van der Waals surface area (Å²) in [5.41, 5.74) is 0. The summed E-state index contributed by atoms with van der Waals surface area (Å²) >= 11 is 1.71. The summed E-state index contributed by atoms with van der Waals surface area (Å²) in [5, 5.41) is 14.0. The van der Waals surface area contributed by atoms with E-state index in [1.807, 2.05) is 0 Å². The monoisotopic (exact) mass is 268 g/mol. The third-order valence-corrected chi connectivity index (χ3v) is 4.33. The maximum Gasteiger partial charge on any atom is 0.205 e.